The molecule has 36 heavy (non-hydrogen) atoms. The predicted molar refractivity (Wildman–Crippen MR) is 142 cm³/mol. The Morgan fingerprint density at radius 1 is 0.972 bits per heavy atom. The summed E-state index contributed by atoms with van der Waals surface area (Å²) in [7, 11) is -3.53. The minimum Gasteiger partial charge on any atom is -0.295 e. The Morgan fingerprint density at radius 2 is 1.67 bits per heavy atom. The van der Waals surface area contributed by atoms with Gasteiger partial charge in [0.1, 0.15) is 5.01 Å². The van der Waals surface area contributed by atoms with Crippen molar-refractivity contribution in [2.24, 2.45) is 5.92 Å². The van der Waals surface area contributed by atoms with Crippen molar-refractivity contribution in [3.63, 3.8) is 0 Å². The molecule has 3 heterocycles. The van der Waals surface area contributed by atoms with E-state index in [0.29, 0.717) is 54.2 Å². The van der Waals surface area contributed by atoms with Gasteiger partial charge in [-0.3, -0.25) is 9.69 Å². The van der Waals surface area contributed by atoms with Crippen LogP contribution in [0.15, 0.2) is 70.4 Å². The van der Waals surface area contributed by atoms with E-state index in [0.717, 1.165) is 22.6 Å². The van der Waals surface area contributed by atoms with E-state index in [2.05, 4.69) is 28.8 Å². The first-order valence-electron chi connectivity index (χ1n) is 12.1. The van der Waals surface area contributed by atoms with E-state index >= 15 is 0 Å². The lowest BCUT2D eigenvalue weighted by molar-refractivity contribution is 0.180. The number of piperazine rings is 1. The van der Waals surface area contributed by atoms with Gasteiger partial charge in [-0.05, 0) is 30.0 Å². The van der Waals surface area contributed by atoms with Crippen LogP contribution in [-0.4, -0.2) is 58.4 Å². The van der Waals surface area contributed by atoms with Gasteiger partial charge in [0.15, 0.2) is 0 Å². The van der Waals surface area contributed by atoms with Gasteiger partial charge in [0.05, 0.1) is 10.6 Å². The molecular weight excluding hydrogens is 494 g/mol. The van der Waals surface area contributed by atoms with Crippen LogP contribution in [0.5, 0.6) is 0 Å². The number of aromatic nitrogens is 3. The number of fused-ring (bicyclic) bond motifs is 1. The van der Waals surface area contributed by atoms with Crippen LogP contribution in [0.25, 0.3) is 15.5 Å². The third kappa shape index (κ3) is 5.27. The molecule has 0 unspecified atom stereocenters. The molecule has 2 aromatic heterocycles. The molecule has 1 aliphatic rings. The Kier molecular flexibility index (Phi) is 7.03. The van der Waals surface area contributed by atoms with Crippen molar-refractivity contribution in [1.29, 1.82) is 0 Å². The molecule has 1 fully saturated rings. The highest BCUT2D eigenvalue weighted by molar-refractivity contribution is 7.89. The van der Waals surface area contributed by atoms with Crippen molar-refractivity contribution in [1.82, 2.24) is 23.8 Å². The van der Waals surface area contributed by atoms with Gasteiger partial charge in [0.25, 0.3) is 5.56 Å². The molecule has 0 radical (unpaired) electrons. The third-order valence-electron chi connectivity index (χ3n) is 6.24. The number of nitrogens with zero attached hydrogens (tertiary/aromatic N) is 5. The Labute approximate surface area is 214 Å². The van der Waals surface area contributed by atoms with Crippen LogP contribution in [0.4, 0.5) is 0 Å². The molecule has 2 aromatic carbocycles. The maximum atomic E-state index is 13.1. The molecule has 0 spiro atoms. The minimum absolute atomic E-state index is 0.212. The van der Waals surface area contributed by atoms with Gasteiger partial charge in [-0.25, -0.2) is 13.4 Å². The van der Waals surface area contributed by atoms with Gasteiger partial charge in [-0.2, -0.15) is 13.9 Å². The zero-order valence-corrected chi connectivity index (χ0v) is 22.0. The highest BCUT2D eigenvalue weighted by Gasteiger charge is 2.28. The maximum Gasteiger partial charge on any atom is 0.275 e. The molecule has 0 atom stereocenters. The summed E-state index contributed by atoms with van der Waals surface area (Å²) in [6.45, 7) is 6.73. The van der Waals surface area contributed by atoms with E-state index in [1.54, 1.807) is 16.4 Å². The second-order valence-corrected chi connectivity index (χ2v) is 12.4. The molecule has 5 rings (SSSR count). The molecule has 188 valence electrons. The summed E-state index contributed by atoms with van der Waals surface area (Å²) in [6, 6.07) is 18.5. The van der Waals surface area contributed by atoms with Crippen molar-refractivity contribution in [3.8, 4) is 10.6 Å². The summed E-state index contributed by atoms with van der Waals surface area (Å²) in [5.41, 5.74) is 2.54. The van der Waals surface area contributed by atoms with Crippen LogP contribution in [0.3, 0.4) is 0 Å². The first-order chi connectivity index (χ1) is 17.3. The normalized spacial score (nSPS) is 15.6. The van der Waals surface area contributed by atoms with E-state index in [-0.39, 0.29) is 5.56 Å². The second kappa shape index (κ2) is 10.2. The molecule has 0 N–H and O–H groups in total. The smallest absolute Gasteiger partial charge is 0.275 e. The van der Waals surface area contributed by atoms with E-state index < -0.39 is 10.0 Å². The fourth-order valence-electron chi connectivity index (χ4n) is 4.41. The monoisotopic (exact) mass is 523 g/mol. The fourth-order valence-corrected chi connectivity index (χ4v) is 6.76. The quantitative estimate of drug-likeness (QED) is 0.368. The average molecular weight is 524 g/mol. The Morgan fingerprint density at radius 3 is 2.33 bits per heavy atom. The van der Waals surface area contributed by atoms with Crippen molar-refractivity contribution in [2.75, 3.05) is 26.2 Å². The molecule has 0 aliphatic carbocycles. The third-order valence-corrected chi connectivity index (χ3v) is 9.11. The molecule has 4 aromatic rings. The Balaban J connectivity index is 1.25. The van der Waals surface area contributed by atoms with Crippen molar-refractivity contribution in [3.05, 3.63) is 82.3 Å². The molecule has 1 aliphatic heterocycles. The van der Waals surface area contributed by atoms with Crippen molar-refractivity contribution >= 4 is 26.3 Å². The molecule has 8 nitrogen and oxygen atoms in total. The van der Waals surface area contributed by atoms with Gasteiger partial charge >= 0.3 is 0 Å². The summed E-state index contributed by atoms with van der Waals surface area (Å²) < 4.78 is 29.2. The summed E-state index contributed by atoms with van der Waals surface area (Å²) in [5.74, 6) is 0.522. The summed E-state index contributed by atoms with van der Waals surface area (Å²) in [5, 5.41) is 5.17. The van der Waals surface area contributed by atoms with Crippen LogP contribution in [0, 0.1) is 5.92 Å². The van der Waals surface area contributed by atoms with Crippen molar-refractivity contribution in [2.45, 2.75) is 31.7 Å². The molecule has 10 heteroatoms. The Bertz CT molecular complexity index is 1500. The maximum absolute atomic E-state index is 13.1. The van der Waals surface area contributed by atoms with Gasteiger partial charge in [-0.15, -0.1) is 0 Å². The summed E-state index contributed by atoms with van der Waals surface area (Å²) >= 11 is 1.38. The lowest BCUT2D eigenvalue weighted by Gasteiger charge is -2.33. The van der Waals surface area contributed by atoms with Crippen LogP contribution in [-0.2, 0) is 23.0 Å². The predicted octanol–water partition coefficient (Wildman–Crippen LogP) is 3.52. The standard InChI is InChI=1S/C26H29N5O3S2/c1-19(2)16-20-8-10-23(11-9-20)36(33,34)30-14-12-29(13-15-30)18-22-17-24(32)31-26(27-22)35-25(28-31)21-6-4-3-5-7-21/h3-11,17,19H,12-16,18H2,1-2H3. The number of sulfonamides is 1. The molecule has 1 saturated heterocycles. The number of benzene rings is 2. The number of hydrogen-bond acceptors (Lipinski definition) is 7. The molecule has 0 bridgehead atoms. The Hall–Kier alpha value is -2.92. The molecule has 0 amide bonds. The van der Waals surface area contributed by atoms with Crippen LogP contribution in [0.2, 0.25) is 0 Å². The summed E-state index contributed by atoms with van der Waals surface area (Å²) in [4.78, 5) is 20.4. The number of rotatable bonds is 7. The van der Waals surface area contributed by atoms with E-state index in [1.165, 1.54) is 21.9 Å². The van der Waals surface area contributed by atoms with E-state index in [9.17, 15) is 13.2 Å². The lowest BCUT2D eigenvalue weighted by Crippen LogP contribution is -2.48. The van der Waals surface area contributed by atoms with E-state index in [4.69, 9.17) is 0 Å². The van der Waals surface area contributed by atoms with Crippen LogP contribution < -0.4 is 5.56 Å². The largest absolute Gasteiger partial charge is 0.295 e. The number of hydrogen-bond donors (Lipinski definition) is 0. The van der Waals surface area contributed by atoms with Gasteiger partial charge in [0.2, 0.25) is 15.0 Å². The first-order valence-corrected chi connectivity index (χ1v) is 14.3. The lowest BCUT2D eigenvalue weighted by atomic mass is 10.0. The highest BCUT2D eigenvalue weighted by Crippen LogP contribution is 2.24. The molecular formula is C26H29N5O3S2. The van der Waals surface area contributed by atoms with Gasteiger partial charge in [0, 0.05) is 44.4 Å². The SMILES string of the molecule is CC(C)Cc1ccc(S(=O)(=O)N2CCN(Cc3cc(=O)n4nc(-c5ccccc5)sc4n3)CC2)cc1. The fraction of sp³-hybridized carbons (Fsp3) is 0.346. The van der Waals surface area contributed by atoms with Crippen LogP contribution >= 0.6 is 11.3 Å². The zero-order chi connectivity index (χ0) is 25.3. The van der Waals surface area contributed by atoms with Gasteiger partial charge in [-0.1, -0.05) is 67.6 Å². The zero-order valence-electron chi connectivity index (χ0n) is 20.4. The summed E-state index contributed by atoms with van der Waals surface area (Å²) in [6.07, 6.45) is 0.928. The molecule has 0 saturated carbocycles. The topological polar surface area (TPSA) is 87.9 Å². The van der Waals surface area contributed by atoms with Gasteiger partial charge < -0.3 is 0 Å². The van der Waals surface area contributed by atoms with Crippen molar-refractivity contribution < 1.29 is 8.42 Å². The highest BCUT2D eigenvalue weighted by atomic mass is 32.2. The van der Waals surface area contributed by atoms with Crippen LogP contribution in [0.1, 0.15) is 25.1 Å². The second-order valence-electron chi connectivity index (χ2n) is 9.48. The average Bonchev–Trinajstić information content (AvgIpc) is 3.30. The van der Waals surface area contributed by atoms with E-state index in [1.807, 2.05) is 42.5 Å². The first kappa shape index (κ1) is 24.8. The minimum atomic E-state index is -3.53.